The number of amides is 1. The highest BCUT2D eigenvalue weighted by Gasteiger charge is 2.11. The number of sulfonamides is 1. The second kappa shape index (κ2) is 7.41. The lowest BCUT2D eigenvalue weighted by Gasteiger charge is -2.08. The second-order valence-electron chi connectivity index (χ2n) is 5.72. The fourth-order valence-corrected chi connectivity index (χ4v) is 2.84. The SMILES string of the molecule is CS(=O)(=O)NC(=O)c1ccc(Oc2ccc(-c3ccccc3)cc2)cc1. The van der Waals surface area contributed by atoms with Crippen molar-refractivity contribution in [3.05, 3.63) is 84.4 Å². The van der Waals surface area contributed by atoms with E-state index in [9.17, 15) is 13.2 Å². The van der Waals surface area contributed by atoms with Crippen LogP contribution in [0.2, 0.25) is 0 Å². The molecule has 3 aromatic rings. The summed E-state index contributed by atoms with van der Waals surface area (Å²) in [5.74, 6) is 0.539. The molecule has 0 aliphatic rings. The molecule has 0 saturated carbocycles. The molecule has 132 valence electrons. The molecular formula is C20H17NO4S. The zero-order valence-electron chi connectivity index (χ0n) is 14.0. The van der Waals surface area contributed by atoms with Gasteiger partial charge in [0.2, 0.25) is 10.0 Å². The standard InChI is InChI=1S/C20H17NO4S/c1-26(23,24)21-20(22)17-9-13-19(14-10-17)25-18-11-7-16(8-12-18)15-5-3-2-4-6-15/h2-14H,1H3,(H,21,22). The highest BCUT2D eigenvalue weighted by molar-refractivity contribution is 7.89. The Balaban J connectivity index is 1.68. The van der Waals surface area contributed by atoms with Crippen molar-refractivity contribution in [2.75, 3.05) is 6.26 Å². The Morgan fingerprint density at radius 1 is 0.769 bits per heavy atom. The Hall–Kier alpha value is -3.12. The predicted octanol–water partition coefficient (Wildman–Crippen LogP) is 3.84. The van der Waals surface area contributed by atoms with E-state index in [4.69, 9.17) is 4.74 Å². The summed E-state index contributed by atoms with van der Waals surface area (Å²) >= 11 is 0. The van der Waals surface area contributed by atoms with E-state index in [1.165, 1.54) is 12.1 Å². The highest BCUT2D eigenvalue weighted by atomic mass is 32.2. The van der Waals surface area contributed by atoms with Crippen LogP contribution >= 0.6 is 0 Å². The monoisotopic (exact) mass is 367 g/mol. The normalized spacial score (nSPS) is 11.0. The van der Waals surface area contributed by atoms with Crippen molar-refractivity contribution in [2.24, 2.45) is 0 Å². The van der Waals surface area contributed by atoms with Gasteiger partial charge in [0.25, 0.3) is 5.91 Å². The van der Waals surface area contributed by atoms with Gasteiger partial charge >= 0.3 is 0 Å². The van der Waals surface area contributed by atoms with Gasteiger partial charge in [-0.05, 0) is 47.5 Å². The van der Waals surface area contributed by atoms with Crippen LogP contribution in [0.4, 0.5) is 0 Å². The summed E-state index contributed by atoms with van der Waals surface area (Å²) < 4.78 is 29.9. The third-order valence-electron chi connectivity index (χ3n) is 3.59. The molecule has 0 bridgehead atoms. The van der Waals surface area contributed by atoms with Crippen LogP contribution in [0.15, 0.2) is 78.9 Å². The molecule has 0 spiro atoms. The van der Waals surface area contributed by atoms with Crippen molar-refractivity contribution in [3.63, 3.8) is 0 Å². The maximum atomic E-state index is 11.8. The Bertz CT molecular complexity index is 996. The van der Waals surface area contributed by atoms with Crippen LogP contribution in [0, 0.1) is 0 Å². The van der Waals surface area contributed by atoms with Crippen molar-refractivity contribution >= 4 is 15.9 Å². The number of nitrogens with one attached hydrogen (secondary N) is 1. The number of rotatable bonds is 5. The summed E-state index contributed by atoms with van der Waals surface area (Å²) in [5, 5.41) is 0. The minimum Gasteiger partial charge on any atom is -0.457 e. The average molecular weight is 367 g/mol. The number of carbonyl (C=O) groups is 1. The Labute approximate surface area is 152 Å². The van der Waals surface area contributed by atoms with E-state index in [0.29, 0.717) is 11.5 Å². The van der Waals surface area contributed by atoms with Crippen molar-refractivity contribution in [1.82, 2.24) is 4.72 Å². The first-order valence-corrected chi connectivity index (χ1v) is 9.75. The van der Waals surface area contributed by atoms with E-state index < -0.39 is 15.9 Å². The van der Waals surface area contributed by atoms with E-state index in [2.05, 4.69) is 0 Å². The molecule has 1 N–H and O–H groups in total. The molecule has 3 rings (SSSR count). The lowest BCUT2D eigenvalue weighted by molar-refractivity contribution is 0.0981. The zero-order chi connectivity index (χ0) is 18.6. The van der Waals surface area contributed by atoms with Crippen LogP contribution in [0.3, 0.4) is 0 Å². The third-order valence-corrected chi connectivity index (χ3v) is 4.15. The average Bonchev–Trinajstić information content (AvgIpc) is 2.62. The van der Waals surface area contributed by atoms with Gasteiger partial charge in [0.15, 0.2) is 0 Å². The smallest absolute Gasteiger partial charge is 0.264 e. The zero-order valence-corrected chi connectivity index (χ0v) is 14.9. The molecule has 0 aliphatic carbocycles. The molecule has 0 saturated heterocycles. The molecule has 0 radical (unpaired) electrons. The molecule has 0 atom stereocenters. The van der Waals surface area contributed by atoms with E-state index >= 15 is 0 Å². The number of carbonyl (C=O) groups excluding carboxylic acids is 1. The largest absolute Gasteiger partial charge is 0.457 e. The number of ether oxygens (including phenoxy) is 1. The summed E-state index contributed by atoms with van der Waals surface area (Å²) in [5.41, 5.74) is 2.45. The summed E-state index contributed by atoms with van der Waals surface area (Å²) in [4.78, 5) is 11.8. The van der Waals surface area contributed by atoms with Gasteiger partial charge in [0.1, 0.15) is 11.5 Å². The third kappa shape index (κ3) is 4.70. The van der Waals surface area contributed by atoms with Crippen molar-refractivity contribution in [3.8, 4) is 22.6 Å². The van der Waals surface area contributed by atoms with Crippen molar-refractivity contribution < 1.29 is 17.9 Å². The van der Waals surface area contributed by atoms with Gasteiger partial charge in [-0.3, -0.25) is 4.79 Å². The van der Waals surface area contributed by atoms with Crippen LogP contribution in [0.1, 0.15) is 10.4 Å². The van der Waals surface area contributed by atoms with E-state index in [0.717, 1.165) is 17.4 Å². The number of hydrogen-bond acceptors (Lipinski definition) is 4. The highest BCUT2D eigenvalue weighted by Crippen LogP contribution is 2.26. The fraction of sp³-hybridized carbons (Fsp3) is 0.0500. The molecule has 5 nitrogen and oxygen atoms in total. The summed E-state index contributed by atoms with van der Waals surface area (Å²) in [7, 11) is -3.59. The fourth-order valence-electron chi connectivity index (χ4n) is 2.38. The van der Waals surface area contributed by atoms with Gasteiger partial charge in [-0.25, -0.2) is 13.1 Å². The first kappa shape index (κ1) is 17.7. The second-order valence-corrected chi connectivity index (χ2v) is 7.47. The Morgan fingerprint density at radius 2 is 1.27 bits per heavy atom. The van der Waals surface area contributed by atoms with Crippen molar-refractivity contribution in [1.29, 1.82) is 0 Å². The number of hydrogen-bond donors (Lipinski definition) is 1. The predicted molar refractivity (Wildman–Crippen MR) is 101 cm³/mol. The van der Waals surface area contributed by atoms with Gasteiger partial charge in [0.05, 0.1) is 6.26 Å². The van der Waals surface area contributed by atoms with Gasteiger partial charge in [-0.15, -0.1) is 0 Å². The number of benzene rings is 3. The lowest BCUT2D eigenvalue weighted by atomic mass is 10.1. The van der Waals surface area contributed by atoms with Gasteiger partial charge in [0, 0.05) is 5.56 Å². The molecule has 6 heteroatoms. The maximum absolute atomic E-state index is 11.8. The quantitative estimate of drug-likeness (QED) is 0.744. The van der Waals surface area contributed by atoms with E-state index in [1.807, 2.05) is 59.3 Å². The Kier molecular flexibility index (Phi) is 5.04. The molecular weight excluding hydrogens is 350 g/mol. The van der Waals surface area contributed by atoms with E-state index in [-0.39, 0.29) is 5.56 Å². The van der Waals surface area contributed by atoms with Crippen molar-refractivity contribution in [2.45, 2.75) is 0 Å². The van der Waals surface area contributed by atoms with E-state index in [1.54, 1.807) is 12.1 Å². The van der Waals surface area contributed by atoms with Gasteiger partial charge in [-0.2, -0.15) is 0 Å². The van der Waals surface area contributed by atoms with Gasteiger partial charge in [-0.1, -0.05) is 42.5 Å². The van der Waals surface area contributed by atoms with Crippen LogP contribution in [-0.2, 0) is 10.0 Å². The minimum atomic E-state index is -3.59. The topological polar surface area (TPSA) is 72.5 Å². The maximum Gasteiger partial charge on any atom is 0.264 e. The molecule has 26 heavy (non-hydrogen) atoms. The molecule has 1 amide bonds. The van der Waals surface area contributed by atoms with Gasteiger partial charge < -0.3 is 4.74 Å². The molecule has 0 unspecified atom stereocenters. The first-order valence-electron chi connectivity index (χ1n) is 7.86. The first-order chi connectivity index (χ1) is 12.4. The Morgan fingerprint density at radius 3 is 1.81 bits per heavy atom. The van der Waals surface area contributed by atoms with Crippen LogP contribution < -0.4 is 9.46 Å². The molecule has 0 aromatic heterocycles. The van der Waals surface area contributed by atoms with Crippen LogP contribution in [0.25, 0.3) is 11.1 Å². The minimum absolute atomic E-state index is 0.238. The van der Waals surface area contributed by atoms with Crippen LogP contribution in [-0.4, -0.2) is 20.6 Å². The molecule has 3 aromatic carbocycles. The molecule has 0 heterocycles. The molecule has 0 fully saturated rings. The summed E-state index contributed by atoms with van der Waals surface area (Å²) in [6.45, 7) is 0. The van der Waals surface area contributed by atoms with Crippen LogP contribution in [0.5, 0.6) is 11.5 Å². The lowest BCUT2D eigenvalue weighted by Crippen LogP contribution is -2.29. The molecule has 0 aliphatic heterocycles. The summed E-state index contributed by atoms with van der Waals surface area (Å²) in [6.07, 6.45) is 0.932. The summed E-state index contributed by atoms with van der Waals surface area (Å²) in [6, 6.07) is 23.9.